The summed E-state index contributed by atoms with van der Waals surface area (Å²) < 4.78 is 5.85. The molecule has 20 heavy (non-hydrogen) atoms. The van der Waals surface area contributed by atoms with Crippen molar-refractivity contribution in [3.05, 3.63) is 59.7 Å². The van der Waals surface area contributed by atoms with Crippen LogP contribution in [0.3, 0.4) is 0 Å². The van der Waals surface area contributed by atoms with E-state index in [9.17, 15) is 5.11 Å². The normalized spacial score (nSPS) is 18.6. The van der Waals surface area contributed by atoms with Crippen molar-refractivity contribution >= 4 is 11.8 Å². The van der Waals surface area contributed by atoms with Gasteiger partial charge in [-0.2, -0.15) is 0 Å². The Kier molecular flexibility index (Phi) is 3.99. The van der Waals surface area contributed by atoms with Gasteiger partial charge in [0.2, 0.25) is 0 Å². The number of ether oxygens (including phenoxy) is 1. The molecule has 1 N–H and O–H groups in total. The zero-order valence-electron chi connectivity index (χ0n) is 11.5. The third-order valence-electron chi connectivity index (χ3n) is 3.51. The van der Waals surface area contributed by atoms with E-state index in [1.807, 2.05) is 36.0 Å². The predicted molar refractivity (Wildman–Crippen MR) is 82.4 cm³/mol. The molecule has 104 valence electrons. The molecule has 0 amide bonds. The molecule has 1 aliphatic rings. The van der Waals surface area contributed by atoms with Gasteiger partial charge in [-0.05, 0) is 42.7 Å². The zero-order chi connectivity index (χ0) is 13.9. The lowest BCUT2D eigenvalue weighted by Crippen LogP contribution is -2.13. The summed E-state index contributed by atoms with van der Waals surface area (Å²) in [6, 6.07) is 16.2. The van der Waals surface area contributed by atoms with Crippen LogP contribution in [0.15, 0.2) is 53.4 Å². The van der Waals surface area contributed by atoms with Crippen molar-refractivity contribution in [3.8, 4) is 5.75 Å². The van der Waals surface area contributed by atoms with Crippen molar-refractivity contribution in [2.45, 2.75) is 29.6 Å². The van der Waals surface area contributed by atoms with E-state index in [1.165, 1.54) is 10.5 Å². The molecular formula is C17H18O2S. The molecule has 2 aromatic carbocycles. The highest BCUT2D eigenvalue weighted by Gasteiger charge is 2.22. The number of aliphatic hydroxyl groups is 1. The summed E-state index contributed by atoms with van der Waals surface area (Å²) in [7, 11) is 0. The Morgan fingerprint density at radius 2 is 1.95 bits per heavy atom. The fourth-order valence-corrected chi connectivity index (χ4v) is 3.60. The summed E-state index contributed by atoms with van der Waals surface area (Å²) in [6.07, 6.45) is 0.649. The van der Waals surface area contributed by atoms with E-state index >= 15 is 0 Å². The molecule has 0 aromatic heterocycles. The maximum Gasteiger partial charge on any atom is 0.119 e. The molecule has 0 saturated heterocycles. The van der Waals surface area contributed by atoms with Crippen LogP contribution in [0, 0.1) is 0 Å². The first-order valence-corrected chi connectivity index (χ1v) is 7.76. The summed E-state index contributed by atoms with van der Waals surface area (Å²) in [5, 5.41) is 9.96. The molecule has 2 atom stereocenters. The third-order valence-corrected chi connectivity index (χ3v) is 4.80. The topological polar surface area (TPSA) is 29.5 Å². The van der Waals surface area contributed by atoms with Crippen LogP contribution < -0.4 is 4.74 Å². The molecular weight excluding hydrogens is 268 g/mol. The molecule has 1 aliphatic heterocycles. The highest BCUT2D eigenvalue weighted by atomic mass is 32.2. The maximum atomic E-state index is 9.47. The quantitative estimate of drug-likeness (QED) is 0.926. The first kappa shape index (κ1) is 13.5. The molecule has 2 nitrogen and oxygen atoms in total. The van der Waals surface area contributed by atoms with Gasteiger partial charge in [-0.25, -0.2) is 0 Å². The molecule has 2 aromatic rings. The van der Waals surface area contributed by atoms with Crippen LogP contribution in [-0.4, -0.2) is 17.0 Å². The Hall–Kier alpha value is -1.45. The molecule has 0 aliphatic carbocycles. The van der Waals surface area contributed by atoms with Gasteiger partial charge in [-0.1, -0.05) is 30.3 Å². The highest BCUT2D eigenvalue weighted by molar-refractivity contribution is 8.00. The van der Waals surface area contributed by atoms with Crippen molar-refractivity contribution in [2.75, 3.05) is 6.61 Å². The molecule has 1 unspecified atom stereocenters. The number of benzene rings is 2. The second-order valence-corrected chi connectivity index (χ2v) is 6.45. The minimum atomic E-state index is -0.427. The van der Waals surface area contributed by atoms with Gasteiger partial charge in [0.05, 0.1) is 6.10 Å². The number of hydrogen-bond acceptors (Lipinski definition) is 3. The molecule has 3 heteroatoms. The highest BCUT2D eigenvalue weighted by Crippen LogP contribution is 2.36. The fraction of sp³-hybridized carbons (Fsp3) is 0.294. The van der Waals surface area contributed by atoms with Gasteiger partial charge in [0, 0.05) is 10.1 Å². The van der Waals surface area contributed by atoms with Gasteiger partial charge in [-0.15, -0.1) is 11.8 Å². The summed E-state index contributed by atoms with van der Waals surface area (Å²) >= 11 is 1.90. The lowest BCUT2D eigenvalue weighted by Gasteiger charge is -2.12. The Morgan fingerprint density at radius 3 is 2.65 bits per heavy atom. The summed E-state index contributed by atoms with van der Waals surface area (Å²) in [5.74, 6) is 0.867. The Labute approximate surface area is 123 Å². The van der Waals surface area contributed by atoms with Gasteiger partial charge in [0.25, 0.3) is 0 Å². The van der Waals surface area contributed by atoms with Crippen molar-refractivity contribution in [1.82, 2.24) is 0 Å². The van der Waals surface area contributed by atoms with Gasteiger partial charge >= 0.3 is 0 Å². The van der Waals surface area contributed by atoms with E-state index < -0.39 is 6.10 Å². The first-order valence-electron chi connectivity index (χ1n) is 6.88. The first-order chi connectivity index (χ1) is 9.72. The van der Waals surface area contributed by atoms with Crippen LogP contribution in [-0.2, 0) is 6.42 Å². The van der Waals surface area contributed by atoms with Crippen molar-refractivity contribution in [3.63, 3.8) is 0 Å². The van der Waals surface area contributed by atoms with Crippen molar-refractivity contribution in [1.29, 1.82) is 0 Å². The molecule has 0 radical (unpaired) electrons. The average Bonchev–Trinajstić information content (AvgIpc) is 2.88. The lowest BCUT2D eigenvalue weighted by molar-refractivity contribution is 0.199. The van der Waals surface area contributed by atoms with Crippen LogP contribution >= 0.6 is 11.8 Å². The smallest absolute Gasteiger partial charge is 0.119 e. The maximum absolute atomic E-state index is 9.47. The Balaban J connectivity index is 1.56. The lowest BCUT2D eigenvalue weighted by atomic mass is 10.1. The molecule has 0 bridgehead atoms. The third kappa shape index (κ3) is 3.00. The standard InChI is InChI=1S/C17H18O2S/c1-12(18)13-6-8-15(9-7-13)19-11-16-10-14-4-2-3-5-17(14)20-16/h2-9,12,16,18H,10-11H2,1H3/t12-,16?/m1/s1. The molecule has 0 saturated carbocycles. The van der Waals surface area contributed by atoms with Gasteiger partial charge in [0.1, 0.15) is 12.4 Å². The number of aliphatic hydroxyl groups excluding tert-OH is 1. The SMILES string of the molecule is C[C@@H](O)c1ccc(OCC2Cc3ccccc3S2)cc1. The number of hydrogen-bond donors (Lipinski definition) is 1. The van der Waals surface area contributed by atoms with Crippen molar-refractivity contribution in [2.24, 2.45) is 0 Å². The van der Waals surface area contributed by atoms with E-state index in [1.54, 1.807) is 6.92 Å². The van der Waals surface area contributed by atoms with Crippen LogP contribution in [0.5, 0.6) is 5.75 Å². The average molecular weight is 286 g/mol. The van der Waals surface area contributed by atoms with Gasteiger partial charge in [-0.3, -0.25) is 0 Å². The van der Waals surface area contributed by atoms with Crippen molar-refractivity contribution < 1.29 is 9.84 Å². The molecule has 3 rings (SSSR count). The number of rotatable bonds is 4. The zero-order valence-corrected chi connectivity index (χ0v) is 12.3. The predicted octanol–water partition coefficient (Wildman–Crippen LogP) is 3.84. The van der Waals surface area contributed by atoms with E-state index in [0.717, 1.165) is 17.7 Å². The molecule has 0 fully saturated rings. The van der Waals surface area contributed by atoms with Crippen LogP contribution in [0.25, 0.3) is 0 Å². The second kappa shape index (κ2) is 5.90. The van der Waals surface area contributed by atoms with Gasteiger partial charge < -0.3 is 9.84 Å². The van der Waals surface area contributed by atoms with E-state index in [4.69, 9.17) is 4.74 Å². The Bertz CT molecular complexity index is 553. The number of thioether (sulfide) groups is 1. The monoisotopic (exact) mass is 286 g/mol. The largest absolute Gasteiger partial charge is 0.492 e. The van der Waals surface area contributed by atoms with Crippen LogP contribution in [0.4, 0.5) is 0 Å². The minimum Gasteiger partial charge on any atom is -0.492 e. The number of fused-ring (bicyclic) bond motifs is 1. The summed E-state index contributed by atoms with van der Waals surface area (Å²) in [6.45, 7) is 2.48. The van der Waals surface area contributed by atoms with Crippen LogP contribution in [0.1, 0.15) is 24.2 Å². The molecule has 0 spiro atoms. The Morgan fingerprint density at radius 1 is 1.20 bits per heavy atom. The minimum absolute atomic E-state index is 0.427. The fourth-order valence-electron chi connectivity index (χ4n) is 2.38. The van der Waals surface area contributed by atoms with Crippen LogP contribution in [0.2, 0.25) is 0 Å². The summed E-state index contributed by atoms with van der Waals surface area (Å²) in [4.78, 5) is 1.38. The van der Waals surface area contributed by atoms with E-state index in [2.05, 4.69) is 24.3 Å². The van der Waals surface area contributed by atoms with E-state index in [-0.39, 0.29) is 0 Å². The van der Waals surface area contributed by atoms with E-state index in [0.29, 0.717) is 11.9 Å². The summed E-state index contributed by atoms with van der Waals surface area (Å²) in [5.41, 5.74) is 2.34. The molecule has 1 heterocycles. The second-order valence-electron chi connectivity index (χ2n) is 5.11. The van der Waals surface area contributed by atoms with Gasteiger partial charge in [0.15, 0.2) is 0 Å².